The van der Waals surface area contributed by atoms with Crippen molar-refractivity contribution in [2.45, 2.75) is 6.54 Å². The number of ether oxygens (including phenoxy) is 1. The van der Waals surface area contributed by atoms with Crippen LogP contribution in [0, 0.1) is 0 Å². The fourth-order valence-electron chi connectivity index (χ4n) is 3.09. The quantitative estimate of drug-likeness (QED) is 0.420. The van der Waals surface area contributed by atoms with E-state index in [-0.39, 0.29) is 11.4 Å². The molecule has 0 bridgehead atoms. The fraction of sp³-hybridized carbons (Fsp3) is 0.0909. The highest BCUT2D eigenvalue weighted by Crippen LogP contribution is 2.27. The number of rotatable bonds is 6. The van der Waals surface area contributed by atoms with E-state index >= 15 is 0 Å². The minimum absolute atomic E-state index is 0.0146. The number of carbonyl (C=O) groups excluding carboxylic acids is 2. The number of hydrogen-bond acceptors (Lipinski definition) is 5. The molecule has 0 atom stereocenters. The van der Waals surface area contributed by atoms with Gasteiger partial charge in [-0.05, 0) is 23.8 Å². The summed E-state index contributed by atoms with van der Waals surface area (Å²) in [5, 5.41) is 12.2. The van der Waals surface area contributed by atoms with Gasteiger partial charge in [-0.2, -0.15) is 10.2 Å². The average molecular weight is 470 g/mol. The Hall–Kier alpha value is -3.62. The maximum atomic E-state index is 13.1. The Morgan fingerprint density at radius 3 is 2.59 bits per heavy atom. The molecule has 2 heterocycles. The van der Waals surface area contributed by atoms with E-state index < -0.39 is 11.9 Å². The highest BCUT2D eigenvalue weighted by Gasteiger charge is 2.22. The lowest BCUT2D eigenvalue weighted by molar-refractivity contribution is 0.0593. The molecule has 0 radical (unpaired) electrons. The summed E-state index contributed by atoms with van der Waals surface area (Å²) in [5.41, 5.74) is 1.54. The van der Waals surface area contributed by atoms with Crippen molar-refractivity contribution in [3.63, 3.8) is 0 Å². The average Bonchev–Trinajstić information content (AvgIpc) is 3.44. The van der Waals surface area contributed by atoms with Crippen LogP contribution in [0.5, 0.6) is 0 Å². The second-order valence-corrected chi connectivity index (χ2v) is 7.48. The number of hydrogen-bond donors (Lipinski definition) is 1. The molecule has 162 valence electrons. The number of halogens is 2. The SMILES string of the molecule is COC(=O)c1cc(C(=O)Nc2ccnn2Cc2cccc(Cl)c2Cl)n(-c2ccccc2)n1. The lowest BCUT2D eigenvalue weighted by Crippen LogP contribution is -2.19. The van der Waals surface area contributed by atoms with Crippen LogP contribution in [0.25, 0.3) is 5.69 Å². The maximum absolute atomic E-state index is 13.1. The minimum Gasteiger partial charge on any atom is -0.464 e. The standard InChI is InChI=1S/C22H17Cl2N5O3/c1-32-22(31)17-12-18(29(27-17)15-7-3-2-4-8-15)21(30)26-19-10-11-25-28(19)13-14-6-5-9-16(23)20(14)24/h2-12H,13H2,1H3,(H,26,30). The Morgan fingerprint density at radius 2 is 1.84 bits per heavy atom. The molecule has 2 aromatic heterocycles. The third-order valence-corrected chi connectivity index (χ3v) is 5.51. The number of esters is 1. The summed E-state index contributed by atoms with van der Waals surface area (Å²) in [4.78, 5) is 25.1. The number of anilines is 1. The molecule has 1 N–H and O–H groups in total. The molecule has 4 aromatic rings. The van der Waals surface area contributed by atoms with Crippen molar-refractivity contribution < 1.29 is 14.3 Å². The normalized spacial score (nSPS) is 10.7. The molecule has 8 nitrogen and oxygen atoms in total. The van der Waals surface area contributed by atoms with Gasteiger partial charge in [-0.3, -0.25) is 4.79 Å². The molecule has 0 aliphatic heterocycles. The topological polar surface area (TPSA) is 91.0 Å². The number of nitrogens with zero attached hydrogens (tertiary/aromatic N) is 4. The Kier molecular flexibility index (Phi) is 6.25. The maximum Gasteiger partial charge on any atom is 0.358 e. The number of methoxy groups -OCH3 is 1. The molecule has 0 saturated heterocycles. The third kappa shape index (κ3) is 4.37. The first kappa shape index (κ1) is 21.6. The number of para-hydroxylation sites is 1. The lowest BCUT2D eigenvalue weighted by Gasteiger charge is -2.11. The zero-order valence-electron chi connectivity index (χ0n) is 16.8. The molecule has 0 saturated carbocycles. The van der Waals surface area contributed by atoms with Gasteiger partial charge in [-0.1, -0.05) is 53.5 Å². The number of amides is 1. The second-order valence-electron chi connectivity index (χ2n) is 6.69. The molecular formula is C22H17Cl2N5O3. The van der Waals surface area contributed by atoms with E-state index in [2.05, 4.69) is 15.5 Å². The van der Waals surface area contributed by atoms with Crippen molar-refractivity contribution >= 4 is 40.9 Å². The largest absolute Gasteiger partial charge is 0.464 e. The van der Waals surface area contributed by atoms with Gasteiger partial charge in [0.1, 0.15) is 11.5 Å². The van der Waals surface area contributed by atoms with E-state index in [0.717, 1.165) is 5.56 Å². The van der Waals surface area contributed by atoms with E-state index in [1.54, 1.807) is 53.3 Å². The highest BCUT2D eigenvalue weighted by atomic mass is 35.5. The summed E-state index contributed by atoms with van der Waals surface area (Å²) in [6, 6.07) is 17.3. The number of carbonyl (C=O) groups is 2. The third-order valence-electron chi connectivity index (χ3n) is 4.65. The minimum atomic E-state index is -0.644. The summed E-state index contributed by atoms with van der Waals surface area (Å²) in [5.74, 6) is -0.684. The van der Waals surface area contributed by atoms with Crippen molar-refractivity contribution in [2.24, 2.45) is 0 Å². The van der Waals surface area contributed by atoms with Crippen LogP contribution in [-0.2, 0) is 11.3 Å². The Bertz CT molecular complexity index is 1280. The van der Waals surface area contributed by atoms with Crippen LogP contribution in [0.15, 0.2) is 66.9 Å². The fourth-order valence-corrected chi connectivity index (χ4v) is 3.47. The predicted molar refractivity (Wildman–Crippen MR) is 121 cm³/mol. The molecule has 0 spiro atoms. The van der Waals surface area contributed by atoms with Gasteiger partial charge in [0.15, 0.2) is 5.69 Å². The van der Waals surface area contributed by atoms with E-state index in [1.165, 1.54) is 17.9 Å². The lowest BCUT2D eigenvalue weighted by atomic mass is 10.2. The van der Waals surface area contributed by atoms with Crippen LogP contribution in [0.4, 0.5) is 5.82 Å². The molecule has 0 aliphatic carbocycles. The molecule has 0 aliphatic rings. The zero-order valence-corrected chi connectivity index (χ0v) is 18.3. The van der Waals surface area contributed by atoms with Gasteiger partial charge in [0, 0.05) is 12.1 Å². The van der Waals surface area contributed by atoms with Crippen LogP contribution >= 0.6 is 23.2 Å². The van der Waals surface area contributed by atoms with Crippen LogP contribution in [0.1, 0.15) is 26.5 Å². The zero-order chi connectivity index (χ0) is 22.7. The van der Waals surface area contributed by atoms with Crippen molar-refractivity contribution in [1.29, 1.82) is 0 Å². The Labute approximate surface area is 193 Å². The first-order chi connectivity index (χ1) is 15.5. The first-order valence-corrected chi connectivity index (χ1v) is 10.2. The summed E-state index contributed by atoms with van der Waals surface area (Å²) in [6.07, 6.45) is 1.56. The molecule has 1 amide bonds. The number of aromatic nitrogens is 4. The number of benzene rings is 2. The van der Waals surface area contributed by atoms with Crippen molar-refractivity contribution in [3.05, 3.63) is 93.9 Å². The summed E-state index contributed by atoms with van der Waals surface area (Å²) >= 11 is 12.4. The van der Waals surface area contributed by atoms with Crippen LogP contribution in [-0.4, -0.2) is 38.5 Å². The van der Waals surface area contributed by atoms with E-state index in [4.69, 9.17) is 27.9 Å². The van der Waals surface area contributed by atoms with E-state index in [1.807, 2.05) is 12.1 Å². The van der Waals surface area contributed by atoms with E-state index in [9.17, 15) is 9.59 Å². The molecule has 0 fully saturated rings. The highest BCUT2D eigenvalue weighted by molar-refractivity contribution is 6.42. The molecule has 2 aromatic carbocycles. The Balaban J connectivity index is 1.64. The molecule has 32 heavy (non-hydrogen) atoms. The van der Waals surface area contributed by atoms with Crippen LogP contribution in [0.3, 0.4) is 0 Å². The molecule has 10 heteroatoms. The van der Waals surface area contributed by atoms with Gasteiger partial charge >= 0.3 is 5.97 Å². The summed E-state index contributed by atoms with van der Waals surface area (Å²) in [7, 11) is 1.25. The summed E-state index contributed by atoms with van der Waals surface area (Å²) < 4.78 is 7.72. The molecule has 0 unspecified atom stereocenters. The van der Waals surface area contributed by atoms with Gasteiger partial charge in [0.2, 0.25) is 0 Å². The summed E-state index contributed by atoms with van der Waals surface area (Å²) in [6.45, 7) is 0.299. The predicted octanol–water partition coefficient (Wildman–Crippen LogP) is 4.46. The van der Waals surface area contributed by atoms with Crippen molar-refractivity contribution in [2.75, 3.05) is 12.4 Å². The Morgan fingerprint density at radius 1 is 1.06 bits per heavy atom. The van der Waals surface area contributed by atoms with Crippen molar-refractivity contribution in [3.8, 4) is 5.69 Å². The smallest absolute Gasteiger partial charge is 0.358 e. The van der Waals surface area contributed by atoms with Gasteiger partial charge in [0.05, 0.1) is 35.6 Å². The monoisotopic (exact) mass is 469 g/mol. The van der Waals surface area contributed by atoms with Gasteiger partial charge in [-0.25, -0.2) is 14.2 Å². The van der Waals surface area contributed by atoms with Crippen LogP contribution in [0.2, 0.25) is 10.0 Å². The molecule has 4 rings (SSSR count). The second kappa shape index (κ2) is 9.25. The van der Waals surface area contributed by atoms with Crippen LogP contribution < -0.4 is 5.32 Å². The molecular weight excluding hydrogens is 453 g/mol. The van der Waals surface area contributed by atoms with Gasteiger partial charge in [-0.15, -0.1) is 0 Å². The van der Waals surface area contributed by atoms with Crippen molar-refractivity contribution in [1.82, 2.24) is 19.6 Å². The first-order valence-electron chi connectivity index (χ1n) is 9.48. The number of nitrogens with one attached hydrogen (secondary N) is 1. The van der Waals surface area contributed by atoms with Gasteiger partial charge < -0.3 is 10.1 Å². The van der Waals surface area contributed by atoms with Gasteiger partial charge in [0.25, 0.3) is 5.91 Å². The van der Waals surface area contributed by atoms with E-state index in [0.29, 0.717) is 28.1 Å².